The minimum atomic E-state index is -0.575. The first-order valence-corrected chi connectivity index (χ1v) is 7.69. The maximum Gasteiger partial charge on any atom is 0.101 e. The van der Waals surface area contributed by atoms with Crippen molar-refractivity contribution in [3.05, 3.63) is 33.3 Å². The number of rotatable bonds is 5. The van der Waals surface area contributed by atoms with E-state index >= 15 is 0 Å². The van der Waals surface area contributed by atoms with Gasteiger partial charge in [0.25, 0.3) is 0 Å². The Kier molecular flexibility index (Phi) is 4.65. The van der Waals surface area contributed by atoms with Crippen LogP contribution in [0.5, 0.6) is 0 Å². The minimum Gasteiger partial charge on any atom is -0.386 e. The molecular weight excluding hydrogens is 320 g/mol. The van der Waals surface area contributed by atoms with E-state index in [1.165, 1.54) is 0 Å². The first-order chi connectivity index (χ1) is 9.47. The van der Waals surface area contributed by atoms with Crippen molar-refractivity contribution in [1.29, 1.82) is 0 Å². The molecule has 110 valence electrons. The second-order valence-electron chi connectivity index (χ2n) is 4.92. The summed E-state index contributed by atoms with van der Waals surface area (Å²) >= 11 is 3.54. The largest absolute Gasteiger partial charge is 0.386 e. The van der Waals surface area contributed by atoms with Crippen LogP contribution in [-0.4, -0.2) is 24.7 Å². The number of aromatic nitrogens is 4. The maximum absolute atomic E-state index is 10.5. The van der Waals surface area contributed by atoms with Gasteiger partial charge in [-0.1, -0.05) is 6.92 Å². The van der Waals surface area contributed by atoms with Gasteiger partial charge < -0.3 is 5.11 Å². The number of nitrogens with zero attached hydrogens (tertiary/aromatic N) is 4. The number of aryl methyl sites for hydroxylation is 4. The molecule has 2 aromatic rings. The zero-order valence-corrected chi connectivity index (χ0v) is 14.0. The van der Waals surface area contributed by atoms with Crippen LogP contribution in [0, 0.1) is 6.92 Å². The van der Waals surface area contributed by atoms with Gasteiger partial charge in [-0.15, -0.1) is 0 Å². The minimum absolute atomic E-state index is 0.521. The summed E-state index contributed by atoms with van der Waals surface area (Å²) in [7, 11) is 1.90. The van der Waals surface area contributed by atoms with Crippen LogP contribution in [0.2, 0.25) is 0 Å². The Labute approximate surface area is 127 Å². The van der Waals surface area contributed by atoms with Crippen LogP contribution in [0.1, 0.15) is 42.7 Å². The zero-order chi connectivity index (χ0) is 14.9. The lowest BCUT2D eigenvalue weighted by molar-refractivity contribution is 0.164. The Balaban J connectivity index is 2.27. The molecule has 1 N–H and O–H groups in total. The normalized spacial score (nSPS) is 12.9. The molecule has 2 rings (SSSR count). The van der Waals surface area contributed by atoms with Gasteiger partial charge in [0.1, 0.15) is 6.10 Å². The van der Waals surface area contributed by atoms with E-state index in [2.05, 4.69) is 33.1 Å². The molecule has 0 aromatic carbocycles. The lowest BCUT2D eigenvalue weighted by Gasteiger charge is -2.12. The fourth-order valence-corrected chi connectivity index (χ4v) is 2.87. The molecule has 0 saturated carbocycles. The smallest absolute Gasteiger partial charge is 0.101 e. The van der Waals surface area contributed by atoms with Crippen LogP contribution in [-0.2, 0) is 26.4 Å². The maximum atomic E-state index is 10.5. The van der Waals surface area contributed by atoms with Gasteiger partial charge in [0.2, 0.25) is 0 Å². The number of aliphatic hydroxyl groups excluding tert-OH is 1. The van der Waals surface area contributed by atoms with E-state index in [9.17, 15) is 5.11 Å². The van der Waals surface area contributed by atoms with E-state index in [1.54, 1.807) is 0 Å². The summed E-state index contributed by atoms with van der Waals surface area (Å²) < 4.78 is 4.66. The van der Waals surface area contributed by atoms with Gasteiger partial charge in [-0.2, -0.15) is 10.2 Å². The summed E-state index contributed by atoms with van der Waals surface area (Å²) in [4.78, 5) is 0. The highest BCUT2D eigenvalue weighted by Gasteiger charge is 2.20. The van der Waals surface area contributed by atoms with Gasteiger partial charge in [-0.05, 0) is 42.3 Å². The summed E-state index contributed by atoms with van der Waals surface area (Å²) in [5.74, 6) is 0. The van der Waals surface area contributed by atoms with E-state index < -0.39 is 6.10 Å². The van der Waals surface area contributed by atoms with Gasteiger partial charge in [0, 0.05) is 20.0 Å². The highest BCUT2D eigenvalue weighted by molar-refractivity contribution is 9.10. The summed E-state index contributed by atoms with van der Waals surface area (Å²) in [6, 6.07) is 1.99. The average molecular weight is 341 g/mol. The van der Waals surface area contributed by atoms with Crippen LogP contribution in [0.3, 0.4) is 0 Å². The molecule has 0 aliphatic rings. The second-order valence-corrected chi connectivity index (χ2v) is 5.71. The summed E-state index contributed by atoms with van der Waals surface area (Å²) in [5.41, 5.74) is 3.82. The van der Waals surface area contributed by atoms with Gasteiger partial charge in [-0.3, -0.25) is 9.36 Å². The topological polar surface area (TPSA) is 55.9 Å². The monoisotopic (exact) mass is 340 g/mol. The van der Waals surface area contributed by atoms with Crippen LogP contribution in [0.25, 0.3) is 0 Å². The van der Waals surface area contributed by atoms with Gasteiger partial charge in [-0.25, -0.2) is 0 Å². The van der Waals surface area contributed by atoms with Crippen LogP contribution in [0.15, 0.2) is 10.5 Å². The highest BCUT2D eigenvalue weighted by Crippen LogP contribution is 2.26. The Morgan fingerprint density at radius 2 is 2.05 bits per heavy atom. The molecule has 6 heteroatoms. The van der Waals surface area contributed by atoms with Gasteiger partial charge >= 0.3 is 0 Å². The SMILES string of the molecule is CCc1cc(C(O)Cc2c(Br)c(C)nn2C)n(CC)n1. The summed E-state index contributed by atoms with van der Waals surface area (Å²) in [5, 5.41) is 19.4. The van der Waals surface area contributed by atoms with Crippen LogP contribution >= 0.6 is 15.9 Å². The average Bonchev–Trinajstić information content (AvgIpc) is 2.95. The quantitative estimate of drug-likeness (QED) is 0.909. The molecule has 0 amide bonds. The van der Waals surface area contributed by atoms with E-state index in [0.717, 1.165) is 40.2 Å². The number of hydrogen-bond donors (Lipinski definition) is 1. The molecule has 2 heterocycles. The third-order valence-electron chi connectivity index (χ3n) is 3.51. The number of halogens is 1. The van der Waals surface area contributed by atoms with Crippen LogP contribution in [0.4, 0.5) is 0 Å². The highest BCUT2D eigenvalue weighted by atomic mass is 79.9. The van der Waals surface area contributed by atoms with Crippen molar-refractivity contribution in [3.8, 4) is 0 Å². The van der Waals surface area contributed by atoms with Crippen molar-refractivity contribution in [3.63, 3.8) is 0 Å². The standard InChI is InChI=1S/C14H21BrN4O/c1-5-10-7-11(19(6-2)17-10)13(20)8-12-14(15)9(3)16-18(12)4/h7,13,20H,5-6,8H2,1-4H3. The number of hydrogen-bond acceptors (Lipinski definition) is 3. The second kappa shape index (κ2) is 6.10. The molecule has 0 bridgehead atoms. The molecule has 0 radical (unpaired) electrons. The predicted molar refractivity (Wildman–Crippen MR) is 81.6 cm³/mol. The van der Waals surface area contributed by atoms with Gasteiger partial charge in [0.15, 0.2) is 0 Å². The number of aliphatic hydroxyl groups is 1. The molecule has 2 aromatic heterocycles. The van der Waals surface area contributed by atoms with Crippen molar-refractivity contribution >= 4 is 15.9 Å². The van der Waals surface area contributed by atoms with Gasteiger partial charge in [0.05, 0.1) is 27.2 Å². The Hall–Kier alpha value is -1.14. The van der Waals surface area contributed by atoms with Crippen molar-refractivity contribution in [2.75, 3.05) is 0 Å². The zero-order valence-electron chi connectivity index (χ0n) is 12.4. The first-order valence-electron chi connectivity index (χ1n) is 6.90. The van der Waals surface area contributed by atoms with Crippen molar-refractivity contribution < 1.29 is 5.11 Å². The first kappa shape index (κ1) is 15.3. The fraction of sp³-hybridized carbons (Fsp3) is 0.571. The van der Waals surface area contributed by atoms with Crippen molar-refractivity contribution in [2.24, 2.45) is 7.05 Å². The van der Waals surface area contributed by atoms with E-state index in [-0.39, 0.29) is 0 Å². The molecule has 1 unspecified atom stereocenters. The van der Waals surface area contributed by atoms with E-state index in [1.807, 2.05) is 36.3 Å². The Morgan fingerprint density at radius 3 is 2.55 bits per heavy atom. The lowest BCUT2D eigenvalue weighted by atomic mass is 10.1. The predicted octanol–water partition coefficient (Wildman–Crippen LogP) is 2.55. The summed E-state index contributed by atoms with van der Waals surface area (Å²) in [6.45, 7) is 6.82. The molecule has 0 fully saturated rings. The molecule has 0 spiro atoms. The molecule has 0 aliphatic carbocycles. The van der Waals surface area contributed by atoms with Crippen molar-refractivity contribution in [2.45, 2.75) is 46.3 Å². The summed E-state index contributed by atoms with van der Waals surface area (Å²) in [6.07, 6.45) is 0.822. The molecule has 20 heavy (non-hydrogen) atoms. The third-order valence-corrected chi connectivity index (χ3v) is 4.54. The fourth-order valence-electron chi connectivity index (χ4n) is 2.37. The van der Waals surface area contributed by atoms with E-state index in [0.29, 0.717) is 6.42 Å². The van der Waals surface area contributed by atoms with E-state index in [4.69, 9.17) is 0 Å². The molecule has 0 aliphatic heterocycles. The van der Waals surface area contributed by atoms with Crippen molar-refractivity contribution in [1.82, 2.24) is 19.6 Å². The Bertz CT molecular complexity index is 603. The molecule has 5 nitrogen and oxygen atoms in total. The molecule has 1 atom stereocenters. The molecule has 0 saturated heterocycles. The van der Waals surface area contributed by atoms with Crippen LogP contribution < -0.4 is 0 Å². The lowest BCUT2D eigenvalue weighted by Crippen LogP contribution is -2.12. The Morgan fingerprint density at radius 1 is 1.35 bits per heavy atom. The molecular formula is C14H21BrN4O. The third kappa shape index (κ3) is 2.81.